The zero-order valence-electron chi connectivity index (χ0n) is 12.2. The molecule has 2 unspecified atom stereocenters. The van der Waals surface area contributed by atoms with E-state index in [0.29, 0.717) is 27.4 Å². The van der Waals surface area contributed by atoms with Crippen molar-refractivity contribution in [3.63, 3.8) is 0 Å². The molecule has 0 aliphatic carbocycles. The zero-order valence-corrected chi connectivity index (χ0v) is 13.0. The molecule has 1 aromatic carbocycles. The molecule has 0 aromatic heterocycles. The summed E-state index contributed by atoms with van der Waals surface area (Å²) in [5.41, 5.74) is 1.16. The number of nitriles is 1. The van der Waals surface area contributed by atoms with Gasteiger partial charge in [0.2, 0.25) is 0 Å². The van der Waals surface area contributed by atoms with Gasteiger partial charge < -0.3 is 4.74 Å². The average molecular weight is 301 g/mol. The van der Waals surface area contributed by atoms with Gasteiger partial charge >= 0.3 is 0 Å². The number of hydrogen-bond donors (Lipinski definition) is 0. The minimum absolute atomic E-state index is 0.138. The first kappa shape index (κ1) is 14.5. The standard InChI is InChI=1S/C17H19NO2S/c1-20-16-9-11(5-6-12(16)10-18)17(19)13-7-14-3-2-4-15(8-13)21-14/h5-6,9,13-15H,2-4,7-8H2,1H3. The van der Waals surface area contributed by atoms with Crippen molar-refractivity contribution in [2.24, 2.45) is 5.92 Å². The number of hydrogen-bond acceptors (Lipinski definition) is 4. The minimum Gasteiger partial charge on any atom is -0.495 e. The summed E-state index contributed by atoms with van der Waals surface area (Å²) < 4.78 is 5.21. The molecule has 0 N–H and O–H groups in total. The molecule has 0 amide bonds. The van der Waals surface area contributed by atoms with Crippen LogP contribution >= 0.6 is 11.8 Å². The molecule has 2 saturated heterocycles. The normalized spacial score (nSPS) is 27.7. The molecular formula is C17H19NO2S. The maximum Gasteiger partial charge on any atom is 0.166 e. The van der Waals surface area contributed by atoms with Crippen LogP contribution in [0.5, 0.6) is 5.75 Å². The molecule has 2 fully saturated rings. The van der Waals surface area contributed by atoms with E-state index in [1.807, 2.05) is 0 Å². The maximum atomic E-state index is 12.8. The number of methoxy groups -OCH3 is 1. The lowest BCUT2D eigenvalue weighted by Gasteiger charge is -2.38. The van der Waals surface area contributed by atoms with Crippen LogP contribution in [0.15, 0.2) is 18.2 Å². The summed E-state index contributed by atoms with van der Waals surface area (Å²) in [5.74, 6) is 0.850. The number of rotatable bonds is 3. The van der Waals surface area contributed by atoms with Gasteiger partial charge in [-0.3, -0.25) is 4.79 Å². The fraction of sp³-hybridized carbons (Fsp3) is 0.529. The molecule has 21 heavy (non-hydrogen) atoms. The summed E-state index contributed by atoms with van der Waals surface area (Å²) in [7, 11) is 1.53. The van der Waals surface area contributed by atoms with Crippen molar-refractivity contribution in [2.75, 3.05) is 7.11 Å². The Kier molecular flexibility index (Phi) is 4.21. The quantitative estimate of drug-likeness (QED) is 0.797. The first-order valence-corrected chi connectivity index (χ1v) is 8.43. The molecule has 3 nitrogen and oxygen atoms in total. The van der Waals surface area contributed by atoms with Gasteiger partial charge in [0.15, 0.2) is 5.78 Å². The number of ketones is 1. The number of ether oxygens (including phenoxy) is 1. The summed E-state index contributed by atoms with van der Waals surface area (Å²) in [5, 5.41) is 10.3. The molecule has 0 spiro atoms. The smallest absolute Gasteiger partial charge is 0.166 e. The number of fused-ring (bicyclic) bond motifs is 2. The van der Waals surface area contributed by atoms with E-state index in [-0.39, 0.29) is 11.7 Å². The Morgan fingerprint density at radius 1 is 1.33 bits per heavy atom. The monoisotopic (exact) mass is 301 g/mol. The van der Waals surface area contributed by atoms with Gasteiger partial charge in [-0.15, -0.1) is 0 Å². The van der Waals surface area contributed by atoms with Crippen LogP contribution in [-0.2, 0) is 0 Å². The van der Waals surface area contributed by atoms with Crippen molar-refractivity contribution in [3.8, 4) is 11.8 Å². The van der Waals surface area contributed by atoms with Gasteiger partial charge in [-0.2, -0.15) is 17.0 Å². The van der Waals surface area contributed by atoms with Crippen LogP contribution in [0.25, 0.3) is 0 Å². The van der Waals surface area contributed by atoms with Crippen LogP contribution in [0.2, 0.25) is 0 Å². The number of benzene rings is 1. The Hall–Kier alpha value is -1.47. The molecule has 2 aliphatic heterocycles. The Balaban J connectivity index is 1.80. The first-order chi connectivity index (χ1) is 10.2. The molecule has 2 aliphatic rings. The molecular weight excluding hydrogens is 282 g/mol. The Bertz CT molecular complexity index is 581. The van der Waals surface area contributed by atoms with Crippen molar-refractivity contribution in [3.05, 3.63) is 29.3 Å². The molecule has 2 bridgehead atoms. The molecule has 4 heteroatoms. The van der Waals surface area contributed by atoms with Crippen molar-refractivity contribution >= 4 is 17.5 Å². The van der Waals surface area contributed by atoms with Gasteiger partial charge in [0.1, 0.15) is 11.8 Å². The van der Waals surface area contributed by atoms with Crippen LogP contribution in [-0.4, -0.2) is 23.4 Å². The third kappa shape index (κ3) is 2.94. The second-order valence-electron chi connectivity index (χ2n) is 5.87. The summed E-state index contributed by atoms with van der Waals surface area (Å²) in [6.45, 7) is 0. The maximum absolute atomic E-state index is 12.8. The van der Waals surface area contributed by atoms with E-state index in [2.05, 4.69) is 17.8 Å². The van der Waals surface area contributed by atoms with Gasteiger partial charge in [-0.25, -0.2) is 0 Å². The first-order valence-electron chi connectivity index (χ1n) is 7.49. The largest absolute Gasteiger partial charge is 0.495 e. The van der Waals surface area contributed by atoms with Gasteiger partial charge in [0.05, 0.1) is 12.7 Å². The lowest BCUT2D eigenvalue weighted by atomic mass is 9.84. The highest BCUT2D eigenvalue weighted by Gasteiger charge is 2.36. The number of carbonyl (C=O) groups excluding carboxylic acids is 1. The third-order valence-electron chi connectivity index (χ3n) is 4.51. The summed E-state index contributed by atoms with van der Waals surface area (Å²) in [6.07, 6.45) is 5.82. The lowest BCUT2D eigenvalue weighted by Crippen LogP contribution is -2.32. The minimum atomic E-state index is 0.138. The zero-order chi connectivity index (χ0) is 14.8. The number of thioether (sulfide) groups is 1. The SMILES string of the molecule is COc1cc(C(=O)C2CC3CCCC(C2)S3)ccc1C#N. The Morgan fingerprint density at radius 3 is 2.67 bits per heavy atom. The average Bonchev–Trinajstić information content (AvgIpc) is 2.53. The highest BCUT2D eigenvalue weighted by molar-refractivity contribution is 8.00. The Labute approximate surface area is 129 Å². The van der Waals surface area contributed by atoms with Crippen LogP contribution in [0.3, 0.4) is 0 Å². The van der Waals surface area contributed by atoms with Gasteiger partial charge in [0, 0.05) is 22.0 Å². The summed E-state index contributed by atoms with van der Waals surface area (Å²) >= 11 is 2.08. The highest BCUT2D eigenvalue weighted by Crippen LogP contribution is 2.44. The van der Waals surface area contributed by atoms with Crippen LogP contribution in [0.1, 0.15) is 48.0 Å². The van der Waals surface area contributed by atoms with E-state index >= 15 is 0 Å². The fourth-order valence-electron chi connectivity index (χ4n) is 3.45. The van der Waals surface area contributed by atoms with Crippen LogP contribution in [0.4, 0.5) is 0 Å². The van der Waals surface area contributed by atoms with Crippen molar-refractivity contribution in [1.82, 2.24) is 0 Å². The highest BCUT2D eigenvalue weighted by atomic mass is 32.2. The number of Topliss-reactive ketones (excluding diaryl/α,β-unsaturated/α-hetero) is 1. The van der Waals surface area contributed by atoms with Gasteiger partial charge in [0.25, 0.3) is 0 Å². The molecule has 2 atom stereocenters. The Morgan fingerprint density at radius 2 is 2.05 bits per heavy atom. The molecule has 110 valence electrons. The fourth-order valence-corrected chi connectivity index (χ4v) is 5.28. The molecule has 0 saturated carbocycles. The van der Waals surface area contributed by atoms with E-state index < -0.39 is 0 Å². The molecule has 0 radical (unpaired) electrons. The molecule has 3 rings (SSSR count). The van der Waals surface area contributed by atoms with Crippen molar-refractivity contribution in [1.29, 1.82) is 5.26 Å². The predicted octanol–water partition coefficient (Wildman–Crippen LogP) is 3.81. The van der Waals surface area contributed by atoms with Crippen molar-refractivity contribution in [2.45, 2.75) is 42.6 Å². The van der Waals surface area contributed by atoms with E-state index in [9.17, 15) is 4.79 Å². The van der Waals surface area contributed by atoms with Crippen molar-refractivity contribution < 1.29 is 9.53 Å². The lowest BCUT2D eigenvalue weighted by molar-refractivity contribution is 0.0896. The van der Waals surface area contributed by atoms with E-state index in [1.54, 1.807) is 18.2 Å². The summed E-state index contributed by atoms with van der Waals surface area (Å²) in [6, 6.07) is 7.26. The van der Waals surface area contributed by atoms with E-state index in [0.717, 1.165) is 12.8 Å². The topological polar surface area (TPSA) is 50.1 Å². The second kappa shape index (κ2) is 6.11. The van der Waals surface area contributed by atoms with Gasteiger partial charge in [-0.05, 0) is 43.9 Å². The third-order valence-corrected chi connectivity index (χ3v) is 6.14. The van der Waals surface area contributed by atoms with Crippen LogP contribution in [0, 0.1) is 17.2 Å². The van der Waals surface area contributed by atoms with Crippen LogP contribution < -0.4 is 4.74 Å². The number of nitrogens with zero attached hydrogens (tertiary/aromatic N) is 1. The van der Waals surface area contributed by atoms with E-state index in [1.165, 1.54) is 26.4 Å². The molecule has 1 aromatic rings. The number of carbonyl (C=O) groups is 1. The summed E-state index contributed by atoms with van der Waals surface area (Å²) in [4.78, 5) is 12.8. The second-order valence-corrected chi connectivity index (χ2v) is 7.48. The van der Waals surface area contributed by atoms with Gasteiger partial charge in [-0.1, -0.05) is 6.42 Å². The molecule has 2 heterocycles. The predicted molar refractivity (Wildman–Crippen MR) is 83.8 cm³/mol. The van der Waals surface area contributed by atoms with E-state index in [4.69, 9.17) is 10.00 Å².